The number of hydrogen-bond acceptors (Lipinski definition) is 4. The summed E-state index contributed by atoms with van der Waals surface area (Å²) < 4.78 is 27.7. The number of halogens is 2. The molecule has 0 aliphatic heterocycles. The fourth-order valence-corrected chi connectivity index (χ4v) is 4.73. The third-order valence-corrected chi connectivity index (χ3v) is 7.20. The van der Waals surface area contributed by atoms with Crippen molar-refractivity contribution < 1.29 is 18.0 Å². The lowest BCUT2D eigenvalue weighted by Crippen LogP contribution is -2.51. The molecule has 0 spiro atoms. The first-order valence-corrected chi connectivity index (χ1v) is 14.0. The molecule has 1 N–H and O–H groups in total. The van der Waals surface area contributed by atoms with Gasteiger partial charge in [-0.15, -0.1) is 0 Å². The van der Waals surface area contributed by atoms with E-state index in [1.54, 1.807) is 31.2 Å². The van der Waals surface area contributed by atoms with E-state index in [0.29, 0.717) is 12.2 Å². The van der Waals surface area contributed by atoms with Gasteiger partial charge < -0.3 is 10.2 Å². The summed E-state index contributed by atoms with van der Waals surface area (Å²) in [5, 5.41) is 2.86. The first-order chi connectivity index (χ1) is 15.5. The molecule has 0 bridgehead atoms. The van der Waals surface area contributed by atoms with Gasteiger partial charge in [0.05, 0.1) is 11.9 Å². The van der Waals surface area contributed by atoms with Crippen molar-refractivity contribution in [3.8, 4) is 0 Å². The number of rotatable bonds is 11. The van der Waals surface area contributed by atoms with Gasteiger partial charge in [0.2, 0.25) is 21.8 Å². The van der Waals surface area contributed by atoms with Crippen LogP contribution in [0.25, 0.3) is 0 Å². The molecule has 2 aromatic rings. The molecule has 0 fully saturated rings. The van der Waals surface area contributed by atoms with Gasteiger partial charge >= 0.3 is 0 Å². The van der Waals surface area contributed by atoms with Crippen molar-refractivity contribution in [3.63, 3.8) is 0 Å². The Morgan fingerprint density at radius 3 is 2.30 bits per heavy atom. The molecule has 0 aliphatic rings. The molecule has 1 unspecified atom stereocenters. The van der Waals surface area contributed by atoms with Gasteiger partial charge in [-0.1, -0.05) is 57.3 Å². The zero-order chi connectivity index (χ0) is 24.6. The Morgan fingerprint density at radius 2 is 1.73 bits per heavy atom. The maximum atomic E-state index is 13.4. The largest absolute Gasteiger partial charge is 0.354 e. The third-order valence-electron chi connectivity index (χ3n) is 5.03. The van der Waals surface area contributed by atoms with Crippen molar-refractivity contribution >= 4 is 59.4 Å². The van der Waals surface area contributed by atoms with Crippen molar-refractivity contribution in [2.75, 3.05) is 23.7 Å². The van der Waals surface area contributed by atoms with E-state index >= 15 is 0 Å². The van der Waals surface area contributed by atoms with Gasteiger partial charge in [0.1, 0.15) is 12.6 Å². The standard InChI is InChI=1S/C23H29Br2N3O4S/c1-4-5-13-26-23(30)17(2)27(15-18-7-6-8-20(25)14-18)22(29)16-28(33(3,31)32)21-11-9-19(24)10-12-21/h6-12,14,17H,4-5,13,15-16H2,1-3H3,(H,26,30). The van der Waals surface area contributed by atoms with Crippen LogP contribution in [0, 0.1) is 0 Å². The summed E-state index contributed by atoms with van der Waals surface area (Å²) in [6.07, 6.45) is 2.83. The number of hydrogen-bond donors (Lipinski definition) is 1. The summed E-state index contributed by atoms with van der Waals surface area (Å²) in [5.74, 6) is -0.747. The molecule has 0 aromatic heterocycles. The Balaban J connectivity index is 2.33. The number of unbranched alkanes of at least 4 members (excludes halogenated alkanes) is 1. The normalized spacial score (nSPS) is 12.2. The summed E-state index contributed by atoms with van der Waals surface area (Å²) in [7, 11) is -3.74. The van der Waals surface area contributed by atoms with Crippen LogP contribution in [-0.2, 0) is 26.2 Å². The van der Waals surface area contributed by atoms with Gasteiger partial charge in [-0.25, -0.2) is 8.42 Å². The molecule has 1 atom stereocenters. The molecule has 2 amide bonds. The number of nitrogens with one attached hydrogen (secondary N) is 1. The van der Waals surface area contributed by atoms with E-state index in [9.17, 15) is 18.0 Å². The predicted molar refractivity (Wildman–Crippen MR) is 138 cm³/mol. The second-order valence-electron chi connectivity index (χ2n) is 7.72. The molecule has 0 heterocycles. The van der Waals surface area contributed by atoms with Crippen LogP contribution >= 0.6 is 31.9 Å². The van der Waals surface area contributed by atoms with Crippen LogP contribution in [0.4, 0.5) is 5.69 Å². The van der Waals surface area contributed by atoms with E-state index in [2.05, 4.69) is 37.2 Å². The highest BCUT2D eigenvalue weighted by molar-refractivity contribution is 9.10. The van der Waals surface area contributed by atoms with Gasteiger partial charge in [-0.3, -0.25) is 13.9 Å². The van der Waals surface area contributed by atoms with E-state index in [-0.39, 0.29) is 12.5 Å². The van der Waals surface area contributed by atoms with Crippen LogP contribution < -0.4 is 9.62 Å². The fourth-order valence-electron chi connectivity index (χ4n) is 3.17. The van der Waals surface area contributed by atoms with E-state index in [0.717, 1.165) is 37.9 Å². The number of amides is 2. The minimum absolute atomic E-state index is 0.165. The Bertz CT molecular complexity index is 1060. The van der Waals surface area contributed by atoms with E-state index in [4.69, 9.17) is 0 Å². The van der Waals surface area contributed by atoms with Crippen molar-refractivity contribution in [2.24, 2.45) is 0 Å². The Labute approximate surface area is 212 Å². The number of carbonyl (C=O) groups is 2. The molecule has 2 rings (SSSR count). The van der Waals surface area contributed by atoms with Gasteiger partial charge in [-0.2, -0.15) is 0 Å². The molecular formula is C23H29Br2N3O4S. The van der Waals surface area contributed by atoms with Crippen molar-refractivity contribution in [1.29, 1.82) is 0 Å². The van der Waals surface area contributed by atoms with Gasteiger partial charge in [0, 0.05) is 22.0 Å². The van der Waals surface area contributed by atoms with Crippen LogP contribution in [-0.4, -0.2) is 50.5 Å². The third kappa shape index (κ3) is 8.42. The molecule has 10 heteroatoms. The summed E-state index contributed by atoms with van der Waals surface area (Å²) in [5.41, 5.74) is 1.19. The molecule has 0 aliphatic carbocycles. The number of carbonyl (C=O) groups excluding carboxylic acids is 2. The van der Waals surface area contributed by atoms with Crippen LogP contribution in [0.3, 0.4) is 0 Å². The zero-order valence-electron chi connectivity index (χ0n) is 18.9. The minimum Gasteiger partial charge on any atom is -0.354 e. The maximum Gasteiger partial charge on any atom is 0.244 e. The first-order valence-electron chi connectivity index (χ1n) is 10.6. The molecule has 2 aromatic carbocycles. The van der Waals surface area contributed by atoms with Gasteiger partial charge in [0.25, 0.3) is 0 Å². The van der Waals surface area contributed by atoms with Crippen LogP contribution in [0.2, 0.25) is 0 Å². The van der Waals surface area contributed by atoms with Crippen LogP contribution in [0.5, 0.6) is 0 Å². The first kappa shape index (κ1) is 27.3. The summed E-state index contributed by atoms with van der Waals surface area (Å²) in [4.78, 5) is 27.6. The monoisotopic (exact) mass is 601 g/mol. The highest BCUT2D eigenvalue weighted by Gasteiger charge is 2.30. The lowest BCUT2D eigenvalue weighted by Gasteiger charge is -2.31. The Kier molecular flexibility index (Phi) is 10.4. The average molecular weight is 603 g/mol. The summed E-state index contributed by atoms with van der Waals surface area (Å²) in [6, 6.07) is 13.3. The topological polar surface area (TPSA) is 86.8 Å². The van der Waals surface area contributed by atoms with Crippen molar-refractivity contribution in [2.45, 2.75) is 39.3 Å². The van der Waals surface area contributed by atoms with Crippen LogP contribution in [0.1, 0.15) is 32.3 Å². The smallest absolute Gasteiger partial charge is 0.244 e. The average Bonchev–Trinajstić information content (AvgIpc) is 2.75. The highest BCUT2D eigenvalue weighted by Crippen LogP contribution is 2.22. The molecule has 7 nitrogen and oxygen atoms in total. The lowest BCUT2D eigenvalue weighted by molar-refractivity contribution is -0.139. The van der Waals surface area contributed by atoms with Crippen molar-refractivity contribution in [3.05, 3.63) is 63.0 Å². The molecular weight excluding hydrogens is 574 g/mol. The summed E-state index contributed by atoms with van der Waals surface area (Å²) in [6.45, 7) is 3.95. The molecule has 180 valence electrons. The Hall–Kier alpha value is -1.91. The SMILES string of the molecule is CCCCNC(=O)C(C)N(Cc1cccc(Br)c1)C(=O)CN(c1ccc(Br)cc1)S(C)(=O)=O. The second-order valence-corrected chi connectivity index (χ2v) is 11.5. The second kappa shape index (κ2) is 12.5. The molecule has 0 saturated heterocycles. The van der Waals surface area contributed by atoms with Gasteiger partial charge in [0.15, 0.2) is 0 Å². The fraction of sp³-hybridized carbons (Fsp3) is 0.391. The quantitative estimate of drug-likeness (QED) is 0.388. The molecule has 33 heavy (non-hydrogen) atoms. The summed E-state index contributed by atoms with van der Waals surface area (Å²) >= 11 is 6.76. The highest BCUT2D eigenvalue weighted by atomic mass is 79.9. The number of nitrogens with zero attached hydrogens (tertiary/aromatic N) is 2. The maximum absolute atomic E-state index is 13.4. The van der Waals surface area contributed by atoms with E-state index in [1.807, 2.05) is 31.2 Å². The lowest BCUT2D eigenvalue weighted by atomic mass is 10.1. The van der Waals surface area contributed by atoms with Crippen molar-refractivity contribution in [1.82, 2.24) is 10.2 Å². The van der Waals surface area contributed by atoms with E-state index < -0.39 is 28.5 Å². The number of benzene rings is 2. The minimum atomic E-state index is -3.74. The molecule has 0 radical (unpaired) electrons. The zero-order valence-corrected chi connectivity index (χ0v) is 22.9. The van der Waals surface area contributed by atoms with E-state index in [1.165, 1.54) is 4.90 Å². The molecule has 0 saturated carbocycles. The Morgan fingerprint density at radius 1 is 1.06 bits per heavy atom. The van der Waals surface area contributed by atoms with Gasteiger partial charge in [-0.05, 0) is 55.3 Å². The number of sulfonamides is 1. The predicted octanol–water partition coefficient (Wildman–Crippen LogP) is 4.31. The number of anilines is 1. The van der Waals surface area contributed by atoms with Crippen LogP contribution in [0.15, 0.2) is 57.5 Å².